The second kappa shape index (κ2) is 7.31. The molecule has 9 heteroatoms. The summed E-state index contributed by atoms with van der Waals surface area (Å²) in [4.78, 5) is 0. The van der Waals surface area contributed by atoms with E-state index in [1.807, 2.05) is 0 Å². The summed E-state index contributed by atoms with van der Waals surface area (Å²) in [7, 11) is 0. The van der Waals surface area contributed by atoms with Crippen LogP contribution in [0.3, 0.4) is 0 Å². The van der Waals surface area contributed by atoms with E-state index in [9.17, 15) is 26.3 Å². The lowest BCUT2D eigenvalue weighted by molar-refractivity contribution is -0.274. The van der Waals surface area contributed by atoms with Crippen LogP contribution in [-0.2, 0) is 12.7 Å². The van der Waals surface area contributed by atoms with Gasteiger partial charge < -0.3 is 10.5 Å². The van der Waals surface area contributed by atoms with Crippen LogP contribution >= 0.6 is 12.4 Å². The van der Waals surface area contributed by atoms with Crippen molar-refractivity contribution in [3.63, 3.8) is 0 Å². The van der Waals surface area contributed by atoms with E-state index in [1.54, 1.807) is 0 Å². The van der Waals surface area contributed by atoms with Crippen LogP contribution in [-0.4, -0.2) is 6.36 Å². The van der Waals surface area contributed by atoms with Crippen LogP contribution in [0.2, 0.25) is 0 Å². The number of halogens is 7. The second-order valence-corrected chi connectivity index (χ2v) is 4.65. The number of hydrogen-bond acceptors (Lipinski definition) is 2. The van der Waals surface area contributed by atoms with Gasteiger partial charge in [0.2, 0.25) is 0 Å². The fourth-order valence-corrected chi connectivity index (χ4v) is 2.06. The molecule has 0 aromatic heterocycles. The molecule has 0 aliphatic rings. The van der Waals surface area contributed by atoms with Crippen molar-refractivity contribution in [3.8, 4) is 16.9 Å². The van der Waals surface area contributed by atoms with Gasteiger partial charge in [-0.2, -0.15) is 13.2 Å². The van der Waals surface area contributed by atoms with Gasteiger partial charge in [-0.15, -0.1) is 25.6 Å². The molecule has 0 fully saturated rings. The zero-order valence-corrected chi connectivity index (χ0v) is 12.7. The van der Waals surface area contributed by atoms with Gasteiger partial charge in [0.25, 0.3) is 0 Å². The van der Waals surface area contributed by atoms with Gasteiger partial charge in [-0.25, -0.2) is 0 Å². The number of hydrogen-bond donors (Lipinski definition) is 1. The zero-order chi connectivity index (χ0) is 17.3. The average Bonchev–Trinajstić information content (AvgIpc) is 2.45. The van der Waals surface area contributed by atoms with E-state index >= 15 is 0 Å². The van der Waals surface area contributed by atoms with Crippen molar-refractivity contribution in [2.45, 2.75) is 19.1 Å². The third-order valence-electron chi connectivity index (χ3n) is 3.05. The zero-order valence-electron chi connectivity index (χ0n) is 11.9. The predicted octanol–water partition coefficient (Wildman–Crippen LogP) is 5.15. The Kier molecular flexibility index (Phi) is 6.13. The summed E-state index contributed by atoms with van der Waals surface area (Å²) in [5.41, 5.74) is 5.73. The summed E-state index contributed by atoms with van der Waals surface area (Å²) < 4.78 is 78.1. The standard InChI is InChI=1S/C15H11F6NO.ClH/c16-14(17,18)11-3-6-13(10(7-11)8-22)9-1-4-12(5-2-9)23-15(19,20)21;/h1-7H,8,22H2;1H. The number of benzene rings is 2. The maximum absolute atomic E-state index is 12.7. The highest BCUT2D eigenvalue weighted by molar-refractivity contribution is 5.85. The van der Waals surface area contributed by atoms with E-state index in [-0.39, 0.29) is 24.5 Å². The van der Waals surface area contributed by atoms with Crippen molar-refractivity contribution in [2.75, 3.05) is 0 Å². The first-order chi connectivity index (χ1) is 10.6. The molecule has 2 aromatic carbocycles. The lowest BCUT2D eigenvalue weighted by atomic mass is 9.97. The Morgan fingerprint density at radius 2 is 1.46 bits per heavy atom. The highest BCUT2D eigenvalue weighted by atomic mass is 35.5. The molecule has 0 saturated carbocycles. The number of nitrogens with two attached hydrogens (primary N) is 1. The molecule has 0 aliphatic heterocycles. The first-order valence-corrected chi connectivity index (χ1v) is 6.36. The summed E-state index contributed by atoms with van der Waals surface area (Å²) in [6.45, 7) is -0.139. The lowest BCUT2D eigenvalue weighted by Gasteiger charge is -2.13. The van der Waals surface area contributed by atoms with E-state index in [1.165, 1.54) is 18.2 Å². The van der Waals surface area contributed by atoms with E-state index in [2.05, 4.69) is 4.74 Å². The van der Waals surface area contributed by atoms with Crippen LogP contribution in [0.4, 0.5) is 26.3 Å². The highest BCUT2D eigenvalue weighted by Gasteiger charge is 2.32. The van der Waals surface area contributed by atoms with Crippen molar-refractivity contribution in [1.29, 1.82) is 0 Å². The fraction of sp³-hybridized carbons (Fsp3) is 0.200. The van der Waals surface area contributed by atoms with Crippen molar-refractivity contribution in [3.05, 3.63) is 53.6 Å². The molecule has 0 saturated heterocycles. The van der Waals surface area contributed by atoms with Crippen LogP contribution in [0.1, 0.15) is 11.1 Å². The van der Waals surface area contributed by atoms with Crippen LogP contribution in [0.5, 0.6) is 5.75 Å². The third-order valence-corrected chi connectivity index (χ3v) is 3.05. The molecule has 2 aromatic rings. The van der Waals surface area contributed by atoms with Gasteiger partial charge in [0.15, 0.2) is 0 Å². The summed E-state index contributed by atoms with van der Waals surface area (Å²) in [6, 6.07) is 7.88. The Bertz CT molecular complexity index is 682. The second-order valence-electron chi connectivity index (χ2n) is 4.65. The topological polar surface area (TPSA) is 35.2 Å². The number of rotatable bonds is 3. The fourth-order valence-electron chi connectivity index (χ4n) is 2.06. The average molecular weight is 372 g/mol. The maximum Gasteiger partial charge on any atom is 0.573 e. The molecule has 2 nitrogen and oxygen atoms in total. The molecule has 132 valence electrons. The van der Waals surface area contributed by atoms with Crippen molar-refractivity contribution in [2.24, 2.45) is 5.73 Å². The molecule has 0 amide bonds. The quantitative estimate of drug-likeness (QED) is 0.757. The molecule has 2 rings (SSSR count). The smallest absolute Gasteiger partial charge is 0.406 e. The highest BCUT2D eigenvalue weighted by Crippen LogP contribution is 2.34. The Balaban J connectivity index is 0.00000288. The summed E-state index contributed by atoms with van der Waals surface area (Å²) in [5.74, 6) is -0.414. The first-order valence-electron chi connectivity index (χ1n) is 6.36. The maximum atomic E-state index is 12.7. The van der Waals surface area contributed by atoms with Gasteiger partial charge in [0, 0.05) is 6.54 Å². The van der Waals surface area contributed by atoms with Gasteiger partial charge in [-0.1, -0.05) is 18.2 Å². The van der Waals surface area contributed by atoms with E-state index in [0.29, 0.717) is 11.1 Å². The van der Waals surface area contributed by atoms with E-state index in [4.69, 9.17) is 5.73 Å². The van der Waals surface area contributed by atoms with Crippen molar-refractivity contribution >= 4 is 12.4 Å². The first kappa shape index (κ1) is 20.1. The van der Waals surface area contributed by atoms with Gasteiger partial charge in [0.05, 0.1) is 5.56 Å². The summed E-state index contributed by atoms with van der Waals surface area (Å²) in [5, 5.41) is 0. The largest absolute Gasteiger partial charge is 0.573 e. The monoisotopic (exact) mass is 371 g/mol. The lowest BCUT2D eigenvalue weighted by Crippen LogP contribution is -2.16. The molecule has 24 heavy (non-hydrogen) atoms. The Morgan fingerprint density at radius 1 is 0.875 bits per heavy atom. The normalized spacial score (nSPS) is 11.8. The third kappa shape index (κ3) is 5.04. The van der Waals surface area contributed by atoms with Gasteiger partial charge in [-0.05, 0) is 41.0 Å². The summed E-state index contributed by atoms with van der Waals surface area (Å²) >= 11 is 0. The van der Waals surface area contributed by atoms with Crippen LogP contribution in [0.25, 0.3) is 11.1 Å². The van der Waals surface area contributed by atoms with Gasteiger partial charge >= 0.3 is 12.5 Å². The minimum Gasteiger partial charge on any atom is -0.406 e. The Hall–Kier alpha value is -1.93. The minimum atomic E-state index is -4.81. The Labute approximate surface area is 139 Å². The van der Waals surface area contributed by atoms with E-state index in [0.717, 1.165) is 24.3 Å². The van der Waals surface area contributed by atoms with Gasteiger partial charge in [0.1, 0.15) is 5.75 Å². The molecule has 0 heterocycles. The van der Waals surface area contributed by atoms with Crippen molar-refractivity contribution < 1.29 is 31.1 Å². The molecule has 0 unspecified atom stereocenters. The summed E-state index contributed by atoms with van der Waals surface area (Å²) in [6.07, 6.45) is -9.30. The molecular weight excluding hydrogens is 360 g/mol. The van der Waals surface area contributed by atoms with Crippen molar-refractivity contribution in [1.82, 2.24) is 0 Å². The molecular formula is C15H12ClF6NO. The predicted molar refractivity (Wildman–Crippen MR) is 78.7 cm³/mol. The molecule has 0 aliphatic carbocycles. The molecule has 0 spiro atoms. The Morgan fingerprint density at radius 3 is 1.92 bits per heavy atom. The van der Waals surface area contributed by atoms with Crippen LogP contribution in [0.15, 0.2) is 42.5 Å². The number of alkyl halides is 6. The number of ether oxygens (including phenoxy) is 1. The van der Waals surface area contributed by atoms with Gasteiger partial charge in [-0.3, -0.25) is 0 Å². The molecule has 0 bridgehead atoms. The molecule has 2 N–H and O–H groups in total. The SMILES string of the molecule is Cl.NCc1cc(C(F)(F)F)ccc1-c1ccc(OC(F)(F)F)cc1. The van der Waals surface area contributed by atoms with E-state index < -0.39 is 23.9 Å². The molecule has 0 atom stereocenters. The van der Waals surface area contributed by atoms with Crippen LogP contribution in [0, 0.1) is 0 Å². The molecule has 0 radical (unpaired) electrons. The van der Waals surface area contributed by atoms with Crippen LogP contribution < -0.4 is 10.5 Å². The minimum absolute atomic E-state index is 0.